The van der Waals surface area contributed by atoms with Crippen molar-refractivity contribution in [3.05, 3.63) is 17.6 Å². The molecule has 0 atom stereocenters. The molecule has 2 aromatic rings. The number of hydrogen-bond donors (Lipinski definition) is 2. The molecule has 2 aromatic heterocycles. The van der Waals surface area contributed by atoms with Crippen LogP contribution in [0.15, 0.2) is 6.33 Å². The van der Waals surface area contributed by atoms with Crippen LogP contribution in [-0.2, 0) is 4.74 Å². The van der Waals surface area contributed by atoms with E-state index in [4.69, 9.17) is 5.73 Å². The third-order valence-electron chi connectivity index (χ3n) is 2.13. The quantitative estimate of drug-likeness (QED) is 0.698. The van der Waals surface area contributed by atoms with E-state index in [1.54, 1.807) is 6.92 Å². The van der Waals surface area contributed by atoms with Gasteiger partial charge in [0.05, 0.1) is 12.8 Å². The molecule has 2 heterocycles. The highest BCUT2D eigenvalue weighted by Crippen LogP contribution is 2.18. The lowest BCUT2D eigenvalue weighted by Crippen LogP contribution is -2.12. The monoisotopic (exact) mass is 234 g/mol. The zero-order chi connectivity index (χ0) is 12.4. The molecule has 0 bridgehead atoms. The second-order valence-electron chi connectivity index (χ2n) is 3.22. The van der Waals surface area contributed by atoms with Crippen LogP contribution in [0.25, 0.3) is 11.6 Å². The van der Waals surface area contributed by atoms with Crippen molar-refractivity contribution in [3.8, 4) is 11.6 Å². The molecule has 0 spiro atoms. The number of esters is 1. The number of nitrogen functional groups attached to an aromatic ring is 1. The van der Waals surface area contributed by atoms with Gasteiger partial charge in [-0.05, 0) is 6.92 Å². The van der Waals surface area contributed by atoms with Gasteiger partial charge in [-0.3, -0.25) is 5.10 Å². The van der Waals surface area contributed by atoms with Crippen molar-refractivity contribution in [2.45, 2.75) is 6.92 Å². The molecule has 0 unspecified atom stereocenters. The fourth-order valence-electron chi connectivity index (χ4n) is 1.37. The number of aromatic nitrogens is 5. The fourth-order valence-corrected chi connectivity index (χ4v) is 1.37. The SMILES string of the molecule is COC(=O)c1c(C)nc(-c2ncn[nH]2)nc1N. The molecule has 3 N–H and O–H groups in total. The molecule has 0 saturated carbocycles. The summed E-state index contributed by atoms with van der Waals surface area (Å²) in [5, 5.41) is 6.30. The summed E-state index contributed by atoms with van der Waals surface area (Å²) in [6.07, 6.45) is 1.33. The maximum atomic E-state index is 11.4. The van der Waals surface area contributed by atoms with Gasteiger partial charge in [0.1, 0.15) is 17.7 Å². The highest BCUT2D eigenvalue weighted by molar-refractivity contribution is 5.95. The summed E-state index contributed by atoms with van der Waals surface area (Å²) in [5.74, 6) is 0.154. The van der Waals surface area contributed by atoms with E-state index in [1.807, 2.05) is 0 Å². The standard InChI is InChI=1S/C9H10N6O2/c1-4-5(9(16)17-2)6(10)14-8(13-4)7-11-3-12-15-7/h3H,1-2H3,(H2,10,13,14)(H,11,12,15). The van der Waals surface area contributed by atoms with Gasteiger partial charge in [0.2, 0.25) is 0 Å². The van der Waals surface area contributed by atoms with E-state index >= 15 is 0 Å². The van der Waals surface area contributed by atoms with E-state index in [0.29, 0.717) is 11.5 Å². The van der Waals surface area contributed by atoms with Crippen molar-refractivity contribution >= 4 is 11.8 Å². The number of nitrogens with zero attached hydrogens (tertiary/aromatic N) is 4. The number of H-pyrrole nitrogens is 1. The smallest absolute Gasteiger partial charge is 0.343 e. The highest BCUT2D eigenvalue weighted by Gasteiger charge is 2.18. The third kappa shape index (κ3) is 1.92. The molecule has 0 aliphatic rings. The lowest BCUT2D eigenvalue weighted by molar-refractivity contribution is 0.0600. The fraction of sp³-hybridized carbons (Fsp3) is 0.222. The molecule has 0 aliphatic heterocycles. The first-order valence-corrected chi connectivity index (χ1v) is 4.71. The first kappa shape index (κ1) is 11.0. The van der Waals surface area contributed by atoms with Crippen molar-refractivity contribution in [2.24, 2.45) is 0 Å². The molecular weight excluding hydrogens is 224 g/mol. The Labute approximate surface area is 96.3 Å². The zero-order valence-corrected chi connectivity index (χ0v) is 9.26. The molecular formula is C9H10N6O2. The van der Waals surface area contributed by atoms with Gasteiger partial charge in [0.25, 0.3) is 0 Å². The van der Waals surface area contributed by atoms with E-state index in [-0.39, 0.29) is 17.2 Å². The van der Waals surface area contributed by atoms with Gasteiger partial charge in [-0.1, -0.05) is 0 Å². The van der Waals surface area contributed by atoms with Crippen LogP contribution in [0.5, 0.6) is 0 Å². The molecule has 88 valence electrons. The van der Waals surface area contributed by atoms with Crippen LogP contribution in [0.1, 0.15) is 16.1 Å². The van der Waals surface area contributed by atoms with E-state index in [9.17, 15) is 4.79 Å². The van der Waals surface area contributed by atoms with Crippen LogP contribution in [0, 0.1) is 6.92 Å². The summed E-state index contributed by atoms with van der Waals surface area (Å²) in [5.41, 5.74) is 6.28. The third-order valence-corrected chi connectivity index (χ3v) is 2.13. The van der Waals surface area contributed by atoms with Gasteiger partial charge in [0, 0.05) is 0 Å². The molecule has 2 rings (SSSR count). The highest BCUT2D eigenvalue weighted by atomic mass is 16.5. The van der Waals surface area contributed by atoms with Gasteiger partial charge >= 0.3 is 5.97 Å². The first-order valence-electron chi connectivity index (χ1n) is 4.71. The van der Waals surface area contributed by atoms with Crippen molar-refractivity contribution in [2.75, 3.05) is 12.8 Å². The van der Waals surface area contributed by atoms with E-state index in [0.717, 1.165) is 0 Å². The number of carbonyl (C=O) groups is 1. The van der Waals surface area contributed by atoms with E-state index in [1.165, 1.54) is 13.4 Å². The number of nitrogens with two attached hydrogens (primary N) is 1. The van der Waals surface area contributed by atoms with Crippen LogP contribution in [0.4, 0.5) is 5.82 Å². The Hall–Kier alpha value is -2.51. The van der Waals surface area contributed by atoms with Gasteiger partial charge in [-0.2, -0.15) is 5.10 Å². The molecule has 0 aromatic carbocycles. The number of anilines is 1. The lowest BCUT2D eigenvalue weighted by atomic mass is 10.2. The Morgan fingerprint density at radius 2 is 2.24 bits per heavy atom. The number of aryl methyl sites for hydroxylation is 1. The molecule has 0 fully saturated rings. The molecule has 0 saturated heterocycles. The summed E-state index contributed by atoms with van der Waals surface area (Å²) in [4.78, 5) is 23.4. The van der Waals surface area contributed by atoms with Crippen LogP contribution in [0.3, 0.4) is 0 Å². The Bertz CT molecular complexity index is 528. The van der Waals surface area contributed by atoms with Crippen LogP contribution < -0.4 is 5.73 Å². The molecule has 17 heavy (non-hydrogen) atoms. The van der Waals surface area contributed by atoms with Gasteiger partial charge in [0.15, 0.2) is 11.6 Å². The van der Waals surface area contributed by atoms with Crippen LogP contribution in [-0.4, -0.2) is 38.2 Å². The van der Waals surface area contributed by atoms with Crippen LogP contribution >= 0.6 is 0 Å². The first-order chi connectivity index (χ1) is 8.13. The molecule has 8 nitrogen and oxygen atoms in total. The Kier molecular flexibility index (Phi) is 2.69. The average Bonchev–Trinajstić information content (AvgIpc) is 2.81. The maximum Gasteiger partial charge on any atom is 0.343 e. The predicted molar refractivity (Wildman–Crippen MR) is 57.9 cm³/mol. The Morgan fingerprint density at radius 1 is 1.47 bits per heavy atom. The summed E-state index contributed by atoms with van der Waals surface area (Å²) in [6.45, 7) is 1.64. The topological polar surface area (TPSA) is 120 Å². The van der Waals surface area contributed by atoms with E-state index < -0.39 is 5.97 Å². The number of rotatable bonds is 2. The summed E-state index contributed by atoms with van der Waals surface area (Å²) < 4.78 is 4.59. The summed E-state index contributed by atoms with van der Waals surface area (Å²) in [6, 6.07) is 0. The molecule has 8 heteroatoms. The Balaban J connectivity index is 2.53. The normalized spacial score (nSPS) is 10.2. The number of methoxy groups -OCH3 is 1. The minimum Gasteiger partial charge on any atom is -0.465 e. The van der Waals surface area contributed by atoms with Crippen molar-refractivity contribution in [3.63, 3.8) is 0 Å². The minimum atomic E-state index is -0.566. The number of ether oxygens (including phenoxy) is 1. The number of aromatic amines is 1. The van der Waals surface area contributed by atoms with E-state index in [2.05, 4.69) is 29.9 Å². The van der Waals surface area contributed by atoms with Gasteiger partial charge in [-0.25, -0.2) is 19.7 Å². The number of nitrogens with one attached hydrogen (secondary N) is 1. The lowest BCUT2D eigenvalue weighted by Gasteiger charge is -2.07. The summed E-state index contributed by atoms with van der Waals surface area (Å²) in [7, 11) is 1.27. The molecule has 0 amide bonds. The van der Waals surface area contributed by atoms with Crippen molar-refractivity contribution in [1.82, 2.24) is 25.1 Å². The van der Waals surface area contributed by atoms with Gasteiger partial charge < -0.3 is 10.5 Å². The Morgan fingerprint density at radius 3 is 2.76 bits per heavy atom. The average molecular weight is 234 g/mol. The van der Waals surface area contributed by atoms with Gasteiger partial charge in [-0.15, -0.1) is 0 Å². The minimum absolute atomic E-state index is 0.0516. The largest absolute Gasteiger partial charge is 0.465 e. The predicted octanol–water partition coefficient (Wildman–Crippen LogP) is -0.0611. The zero-order valence-electron chi connectivity index (χ0n) is 9.26. The van der Waals surface area contributed by atoms with Crippen molar-refractivity contribution in [1.29, 1.82) is 0 Å². The second kappa shape index (κ2) is 4.16. The maximum absolute atomic E-state index is 11.4. The summed E-state index contributed by atoms with van der Waals surface area (Å²) >= 11 is 0. The number of carbonyl (C=O) groups excluding carboxylic acids is 1. The number of hydrogen-bond acceptors (Lipinski definition) is 7. The van der Waals surface area contributed by atoms with Crippen LogP contribution in [0.2, 0.25) is 0 Å². The second-order valence-corrected chi connectivity index (χ2v) is 3.22. The molecule has 0 radical (unpaired) electrons. The van der Waals surface area contributed by atoms with Crippen molar-refractivity contribution < 1.29 is 9.53 Å². The molecule has 0 aliphatic carbocycles.